The molecule has 0 aliphatic heterocycles. The summed E-state index contributed by atoms with van der Waals surface area (Å²) in [5, 5.41) is 3.19. The van der Waals surface area contributed by atoms with Crippen LogP contribution < -0.4 is 10.0 Å². The lowest BCUT2D eigenvalue weighted by Crippen LogP contribution is -2.40. The van der Waals surface area contributed by atoms with Crippen LogP contribution >= 0.6 is 23.2 Å². The van der Waals surface area contributed by atoms with Gasteiger partial charge in [-0.3, -0.25) is 4.79 Å². The van der Waals surface area contributed by atoms with Crippen molar-refractivity contribution in [1.29, 1.82) is 0 Å². The Bertz CT molecular complexity index is 575. The summed E-state index contributed by atoms with van der Waals surface area (Å²) in [6.45, 7) is -0.389. The van der Waals surface area contributed by atoms with Gasteiger partial charge in [0, 0.05) is 19.1 Å². The molecular weight excluding hydrogens is 313 g/mol. The fraction of sp³-hybridized carbons (Fsp3) is 0.300. The van der Waals surface area contributed by atoms with Gasteiger partial charge in [-0.25, -0.2) is 0 Å². The van der Waals surface area contributed by atoms with Crippen LogP contribution in [0.5, 0.6) is 0 Å². The topological polar surface area (TPSA) is 78.5 Å². The van der Waals surface area contributed by atoms with Crippen LogP contribution in [0, 0.1) is 0 Å². The van der Waals surface area contributed by atoms with E-state index >= 15 is 0 Å². The van der Waals surface area contributed by atoms with E-state index in [1.807, 2.05) is 0 Å². The Kier molecular flexibility index (Phi) is 5.57. The van der Waals surface area contributed by atoms with Crippen molar-refractivity contribution in [3.05, 3.63) is 28.2 Å². The summed E-state index contributed by atoms with van der Waals surface area (Å²) in [4.78, 5) is 11.6. The van der Waals surface area contributed by atoms with Gasteiger partial charge in [0.25, 0.3) is 10.2 Å². The molecule has 1 aromatic carbocycles. The molecule has 0 atom stereocenters. The van der Waals surface area contributed by atoms with Gasteiger partial charge in [0.1, 0.15) is 0 Å². The minimum atomic E-state index is -3.63. The average Bonchev–Trinajstić information content (AvgIpc) is 2.30. The summed E-state index contributed by atoms with van der Waals surface area (Å²) in [7, 11) is -0.919. The fourth-order valence-electron chi connectivity index (χ4n) is 1.07. The van der Waals surface area contributed by atoms with Crippen molar-refractivity contribution in [2.24, 2.45) is 0 Å². The zero-order chi connectivity index (χ0) is 14.6. The lowest BCUT2D eigenvalue weighted by molar-refractivity contribution is -0.115. The largest absolute Gasteiger partial charge is 0.324 e. The van der Waals surface area contributed by atoms with Crippen LogP contribution in [0.15, 0.2) is 18.2 Å². The molecular formula is C10H13Cl2N3O3S. The zero-order valence-corrected chi connectivity index (χ0v) is 12.6. The highest BCUT2D eigenvalue weighted by Gasteiger charge is 2.15. The molecule has 106 valence electrons. The highest BCUT2D eigenvalue weighted by Crippen LogP contribution is 2.25. The molecule has 0 bridgehead atoms. The second-order valence-electron chi connectivity index (χ2n) is 3.78. The third kappa shape index (κ3) is 4.96. The molecule has 0 spiro atoms. The van der Waals surface area contributed by atoms with Gasteiger partial charge in [-0.15, -0.1) is 0 Å². The minimum absolute atomic E-state index is 0.274. The first-order valence-electron chi connectivity index (χ1n) is 5.14. The van der Waals surface area contributed by atoms with Gasteiger partial charge >= 0.3 is 0 Å². The van der Waals surface area contributed by atoms with E-state index in [9.17, 15) is 13.2 Å². The molecule has 0 unspecified atom stereocenters. The Balaban J connectivity index is 2.62. The van der Waals surface area contributed by atoms with Gasteiger partial charge in [-0.1, -0.05) is 23.2 Å². The summed E-state index contributed by atoms with van der Waals surface area (Å²) in [5.74, 6) is -0.533. The summed E-state index contributed by atoms with van der Waals surface area (Å²) in [6, 6.07) is 4.57. The summed E-state index contributed by atoms with van der Waals surface area (Å²) in [6.07, 6.45) is 0. The number of hydrogen-bond donors (Lipinski definition) is 2. The maximum atomic E-state index is 11.6. The van der Waals surface area contributed by atoms with E-state index in [2.05, 4.69) is 10.0 Å². The van der Waals surface area contributed by atoms with E-state index in [0.717, 1.165) is 4.31 Å². The lowest BCUT2D eigenvalue weighted by Gasteiger charge is -2.12. The minimum Gasteiger partial charge on any atom is -0.324 e. The molecule has 19 heavy (non-hydrogen) atoms. The van der Waals surface area contributed by atoms with E-state index in [4.69, 9.17) is 23.2 Å². The summed E-state index contributed by atoms with van der Waals surface area (Å²) >= 11 is 11.6. The predicted octanol–water partition coefficient (Wildman–Crippen LogP) is 1.33. The number of nitrogens with zero attached hydrogens (tertiary/aromatic N) is 1. The lowest BCUT2D eigenvalue weighted by atomic mass is 10.3. The van der Waals surface area contributed by atoms with Crippen LogP contribution in [0.25, 0.3) is 0 Å². The van der Waals surface area contributed by atoms with E-state index in [1.165, 1.54) is 26.2 Å². The number of benzene rings is 1. The van der Waals surface area contributed by atoms with Gasteiger partial charge in [0.05, 0.1) is 17.3 Å². The van der Waals surface area contributed by atoms with Gasteiger partial charge in [0.2, 0.25) is 5.91 Å². The highest BCUT2D eigenvalue weighted by atomic mass is 35.5. The molecule has 6 nitrogen and oxygen atoms in total. The predicted molar refractivity (Wildman–Crippen MR) is 75.7 cm³/mol. The smallest absolute Gasteiger partial charge is 0.279 e. The molecule has 0 fully saturated rings. The average molecular weight is 326 g/mol. The van der Waals surface area contributed by atoms with Crippen molar-refractivity contribution in [1.82, 2.24) is 9.03 Å². The first kappa shape index (κ1) is 16.2. The summed E-state index contributed by atoms with van der Waals surface area (Å²) in [5.41, 5.74) is 0.361. The molecule has 0 aliphatic rings. The molecule has 1 aromatic rings. The van der Waals surface area contributed by atoms with E-state index in [1.54, 1.807) is 6.07 Å². The first-order valence-corrected chi connectivity index (χ1v) is 7.34. The Labute approximate surface area is 121 Å². The third-order valence-electron chi connectivity index (χ3n) is 2.10. The van der Waals surface area contributed by atoms with Crippen molar-refractivity contribution < 1.29 is 13.2 Å². The van der Waals surface area contributed by atoms with Crippen LogP contribution in [-0.4, -0.2) is 39.3 Å². The van der Waals surface area contributed by atoms with Crippen molar-refractivity contribution in [2.45, 2.75) is 0 Å². The zero-order valence-electron chi connectivity index (χ0n) is 10.3. The Morgan fingerprint density at radius 2 is 1.95 bits per heavy atom. The number of nitrogens with one attached hydrogen (secondary N) is 2. The van der Waals surface area contributed by atoms with E-state index in [-0.39, 0.29) is 11.6 Å². The molecule has 0 heterocycles. The van der Waals surface area contributed by atoms with Gasteiger partial charge in [-0.05, 0) is 18.2 Å². The molecule has 1 rings (SSSR count). The number of amides is 1. The molecule has 2 N–H and O–H groups in total. The van der Waals surface area contributed by atoms with Crippen LogP contribution in [0.1, 0.15) is 0 Å². The van der Waals surface area contributed by atoms with Crippen molar-refractivity contribution in [2.75, 3.05) is 26.0 Å². The van der Waals surface area contributed by atoms with Crippen LogP contribution in [0.2, 0.25) is 10.0 Å². The van der Waals surface area contributed by atoms with Crippen molar-refractivity contribution in [3.63, 3.8) is 0 Å². The maximum Gasteiger partial charge on any atom is 0.279 e. The maximum absolute atomic E-state index is 11.6. The van der Waals surface area contributed by atoms with E-state index in [0.29, 0.717) is 10.7 Å². The second-order valence-corrected chi connectivity index (χ2v) is 6.59. The number of hydrogen-bond acceptors (Lipinski definition) is 3. The molecule has 1 amide bonds. The molecule has 0 aliphatic carbocycles. The number of anilines is 1. The SMILES string of the molecule is CN(C)S(=O)(=O)NCC(=O)Nc1ccc(Cl)cc1Cl. The number of rotatable bonds is 5. The molecule has 0 aromatic heterocycles. The van der Waals surface area contributed by atoms with Gasteiger partial charge < -0.3 is 5.32 Å². The number of halogens is 2. The van der Waals surface area contributed by atoms with Crippen molar-refractivity contribution in [3.8, 4) is 0 Å². The molecule has 0 radical (unpaired) electrons. The Morgan fingerprint density at radius 3 is 2.47 bits per heavy atom. The second kappa shape index (κ2) is 6.53. The van der Waals surface area contributed by atoms with Gasteiger partial charge in [0.15, 0.2) is 0 Å². The van der Waals surface area contributed by atoms with E-state index < -0.39 is 16.1 Å². The Hall–Kier alpha value is -0.860. The van der Waals surface area contributed by atoms with Gasteiger partial charge in [-0.2, -0.15) is 17.4 Å². The quantitative estimate of drug-likeness (QED) is 0.857. The van der Waals surface area contributed by atoms with Crippen LogP contribution in [0.4, 0.5) is 5.69 Å². The molecule has 0 saturated carbocycles. The first-order chi connectivity index (χ1) is 8.72. The number of carbonyl (C=O) groups excluding carboxylic acids is 1. The van der Waals surface area contributed by atoms with Crippen LogP contribution in [-0.2, 0) is 15.0 Å². The van der Waals surface area contributed by atoms with Crippen LogP contribution in [0.3, 0.4) is 0 Å². The molecule has 9 heteroatoms. The number of carbonyl (C=O) groups is 1. The highest BCUT2D eigenvalue weighted by molar-refractivity contribution is 7.87. The molecule has 0 saturated heterocycles. The summed E-state index contributed by atoms with van der Waals surface area (Å²) < 4.78 is 25.9. The third-order valence-corrected chi connectivity index (χ3v) is 4.12. The Morgan fingerprint density at radius 1 is 1.32 bits per heavy atom. The normalized spacial score (nSPS) is 11.6. The fourth-order valence-corrected chi connectivity index (χ4v) is 2.10. The van der Waals surface area contributed by atoms with Crippen molar-refractivity contribution >= 4 is 45.0 Å². The monoisotopic (exact) mass is 325 g/mol. The standard InChI is InChI=1S/C10H13Cl2N3O3S/c1-15(2)19(17,18)13-6-10(16)14-9-4-3-7(11)5-8(9)12/h3-5,13H,6H2,1-2H3,(H,14,16).